The van der Waals surface area contributed by atoms with Crippen LogP contribution in [0.3, 0.4) is 0 Å². The molecule has 0 heterocycles. The predicted octanol–water partition coefficient (Wildman–Crippen LogP) is 5.88. The van der Waals surface area contributed by atoms with Crippen molar-refractivity contribution in [2.24, 2.45) is 0 Å². The average Bonchev–Trinajstić information content (AvgIpc) is 2.45. The first-order valence-corrected chi connectivity index (χ1v) is 6.43. The van der Waals surface area contributed by atoms with E-state index in [0.717, 1.165) is 12.1 Å². The van der Waals surface area contributed by atoms with Crippen LogP contribution in [0.4, 0.5) is 26.3 Å². The predicted molar refractivity (Wildman–Crippen MR) is 70.4 cm³/mol. The van der Waals surface area contributed by atoms with Crippen molar-refractivity contribution in [3.05, 3.63) is 70.8 Å². The molecule has 118 valence electrons. The zero-order chi connectivity index (χ0) is 16.5. The van der Waals surface area contributed by atoms with Crippen LogP contribution in [0.2, 0.25) is 0 Å². The van der Waals surface area contributed by atoms with Crippen molar-refractivity contribution in [1.82, 2.24) is 0 Å². The Balaban J connectivity index is 2.56. The van der Waals surface area contributed by atoms with Crippen LogP contribution >= 0.6 is 0 Å². The summed E-state index contributed by atoms with van der Waals surface area (Å²) in [6.07, 6.45) is -9.65. The highest BCUT2D eigenvalue weighted by Gasteiger charge is 2.37. The summed E-state index contributed by atoms with van der Waals surface area (Å²) in [7, 11) is 0. The van der Waals surface area contributed by atoms with Gasteiger partial charge in [0.2, 0.25) is 0 Å². The molecule has 2 rings (SSSR count). The highest BCUT2D eigenvalue weighted by Crippen LogP contribution is 2.38. The van der Waals surface area contributed by atoms with Gasteiger partial charge in [0.05, 0.1) is 11.1 Å². The largest absolute Gasteiger partial charge is 0.416 e. The SMILES string of the molecule is CC(c1ccccc1)c1cc(C(F)(F)F)cc(C(F)(F)F)c1. The summed E-state index contributed by atoms with van der Waals surface area (Å²) in [5, 5.41) is 0. The number of hydrogen-bond acceptors (Lipinski definition) is 0. The van der Waals surface area contributed by atoms with Crippen molar-refractivity contribution < 1.29 is 26.3 Å². The summed E-state index contributed by atoms with van der Waals surface area (Å²) in [6, 6.07) is 10.1. The minimum absolute atomic E-state index is 0.0200. The van der Waals surface area contributed by atoms with Crippen LogP contribution in [-0.4, -0.2) is 0 Å². The number of rotatable bonds is 2. The van der Waals surface area contributed by atoms with Gasteiger partial charge < -0.3 is 0 Å². The Morgan fingerprint density at radius 1 is 0.682 bits per heavy atom. The van der Waals surface area contributed by atoms with Crippen molar-refractivity contribution >= 4 is 0 Å². The van der Waals surface area contributed by atoms with Gasteiger partial charge in [-0.3, -0.25) is 0 Å². The molecule has 0 aliphatic rings. The molecule has 0 fully saturated rings. The summed E-state index contributed by atoms with van der Waals surface area (Å²) in [6.45, 7) is 1.57. The summed E-state index contributed by atoms with van der Waals surface area (Å²) in [4.78, 5) is 0. The summed E-state index contributed by atoms with van der Waals surface area (Å²) in [5.41, 5.74) is -1.96. The third-order valence-electron chi connectivity index (χ3n) is 3.41. The van der Waals surface area contributed by atoms with E-state index in [1.165, 1.54) is 0 Å². The van der Waals surface area contributed by atoms with Crippen LogP contribution in [-0.2, 0) is 12.4 Å². The first-order valence-electron chi connectivity index (χ1n) is 6.43. The summed E-state index contributed by atoms with van der Waals surface area (Å²) in [5.74, 6) is -0.579. The van der Waals surface area contributed by atoms with Crippen LogP contribution in [0.1, 0.15) is 35.1 Å². The van der Waals surface area contributed by atoms with Crippen molar-refractivity contribution in [1.29, 1.82) is 0 Å². The lowest BCUT2D eigenvalue weighted by molar-refractivity contribution is -0.143. The van der Waals surface area contributed by atoms with E-state index in [-0.39, 0.29) is 11.6 Å². The average molecular weight is 318 g/mol. The maximum absolute atomic E-state index is 12.8. The fourth-order valence-electron chi connectivity index (χ4n) is 2.16. The Kier molecular flexibility index (Phi) is 4.22. The molecular formula is C16H12F6. The van der Waals surface area contributed by atoms with Gasteiger partial charge in [0.1, 0.15) is 0 Å². The molecular weight excluding hydrogens is 306 g/mol. The zero-order valence-corrected chi connectivity index (χ0v) is 11.5. The van der Waals surface area contributed by atoms with Gasteiger partial charge in [-0.05, 0) is 29.3 Å². The summed E-state index contributed by atoms with van der Waals surface area (Å²) < 4.78 is 77.0. The van der Waals surface area contributed by atoms with E-state index in [4.69, 9.17) is 0 Å². The maximum Gasteiger partial charge on any atom is 0.416 e. The maximum atomic E-state index is 12.8. The normalized spacial score (nSPS) is 14.0. The molecule has 0 radical (unpaired) electrons. The lowest BCUT2D eigenvalue weighted by Crippen LogP contribution is -2.12. The van der Waals surface area contributed by atoms with E-state index in [9.17, 15) is 26.3 Å². The second-order valence-corrected chi connectivity index (χ2v) is 4.97. The van der Waals surface area contributed by atoms with Gasteiger partial charge in [-0.2, -0.15) is 26.3 Å². The lowest BCUT2D eigenvalue weighted by Gasteiger charge is -2.18. The van der Waals surface area contributed by atoms with E-state index < -0.39 is 29.4 Å². The van der Waals surface area contributed by atoms with E-state index in [1.54, 1.807) is 37.3 Å². The first kappa shape index (κ1) is 16.4. The standard InChI is InChI=1S/C16H12F6/c1-10(11-5-3-2-4-6-11)12-7-13(15(17,18)19)9-14(8-12)16(20,21)22/h2-10H,1H3. The van der Waals surface area contributed by atoms with Crippen molar-refractivity contribution in [3.8, 4) is 0 Å². The number of halogens is 6. The second-order valence-electron chi connectivity index (χ2n) is 4.97. The Hall–Kier alpha value is -1.98. The monoisotopic (exact) mass is 318 g/mol. The van der Waals surface area contributed by atoms with Gasteiger partial charge in [0, 0.05) is 5.92 Å². The van der Waals surface area contributed by atoms with Crippen LogP contribution in [0.5, 0.6) is 0 Å². The van der Waals surface area contributed by atoms with Gasteiger partial charge in [0.25, 0.3) is 0 Å². The topological polar surface area (TPSA) is 0 Å². The van der Waals surface area contributed by atoms with Gasteiger partial charge >= 0.3 is 12.4 Å². The highest BCUT2D eigenvalue weighted by atomic mass is 19.4. The van der Waals surface area contributed by atoms with Crippen LogP contribution in [0, 0.1) is 0 Å². The van der Waals surface area contributed by atoms with E-state index in [0.29, 0.717) is 5.56 Å². The number of benzene rings is 2. The lowest BCUT2D eigenvalue weighted by atomic mass is 9.90. The molecule has 1 atom stereocenters. The molecule has 1 unspecified atom stereocenters. The quantitative estimate of drug-likeness (QED) is 0.607. The van der Waals surface area contributed by atoms with Crippen LogP contribution in [0.15, 0.2) is 48.5 Å². The van der Waals surface area contributed by atoms with Crippen molar-refractivity contribution in [2.75, 3.05) is 0 Å². The fraction of sp³-hybridized carbons (Fsp3) is 0.250. The molecule has 0 aromatic heterocycles. The Labute approximate surface area is 123 Å². The molecule has 0 saturated heterocycles. The molecule has 0 spiro atoms. The van der Waals surface area contributed by atoms with Crippen LogP contribution in [0.25, 0.3) is 0 Å². The molecule has 6 heteroatoms. The van der Waals surface area contributed by atoms with E-state index in [2.05, 4.69) is 0 Å². The van der Waals surface area contributed by atoms with Gasteiger partial charge in [0.15, 0.2) is 0 Å². The smallest absolute Gasteiger partial charge is 0.166 e. The van der Waals surface area contributed by atoms with Gasteiger partial charge in [-0.1, -0.05) is 37.3 Å². The Bertz CT molecular complexity index is 608. The highest BCUT2D eigenvalue weighted by molar-refractivity contribution is 5.39. The molecule has 22 heavy (non-hydrogen) atoms. The second kappa shape index (κ2) is 5.66. The Morgan fingerprint density at radius 2 is 1.14 bits per heavy atom. The first-order chi connectivity index (χ1) is 10.1. The molecule has 0 amide bonds. The molecule has 0 saturated carbocycles. The molecule has 0 aliphatic carbocycles. The van der Waals surface area contributed by atoms with E-state index >= 15 is 0 Å². The summed E-state index contributed by atoms with van der Waals surface area (Å²) >= 11 is 0. The third-order valence-corrected chi connectivity index (χ3v) is 3.41. The van der Waals surface area contributed by atoms with Gasteiger partial charge in [-0.15, -0.1) is 0 Å². The zero-order valence-electron chi connectivity index (χ0n) is 11.5. The molecule has 0 nitrogen and oxygen atoms in total. The molecule has 2 aromatic carbocycles. The molecule has 0 aliphatic heterocycles. The minimum Gasteiger partial charge on any atom is -0.166 e. The molecule has 0 bridgehead atoms. The van der Waals surface area contributed by atoms with Gasteiger partial charge in [-0.25, -0.2) is 0 Å². The van der Waals surface area contributed by atoms with E-state index in [1.807, 2.05) is 0 Å². The Morgan fingerprint density at radius 3 is 1.55 bits per heavy atom. The minimum atomic E-state index is -4.83. The third kappa shape index (κ3) is 3.61. The number of hydrogen-bond donors (Lipinski definition) is 0. The van der Waals surface area contributed by atoms with Crippen LogP contribution < -0.4 is 0 Å². The van der Waals surface area contributed by atoms with Crippen molar-refractivity contribution in [3.63, 3.8) is 0 Å². The molecule has 0 N–H and O–H groups in total. The molecule has 2 aromatic rings. The number of alkyl halides is 6. The fourth-order valence-corrected chi connectivity index (χ4v) is 2.16. The van der Waals surface area contributed by atoms with Crippen molar-refractivity contribution in [2.45, 2.75) is 25.2 Å².